The molecular formula is C9H9ClO3. The molecule has 0 aromatic heterocycles. The van der Waals surface area contributed by atoms with Gasteiger partial charge in [-0.15, -0.1) is 11.6 Å². The number of hydrogen-bond acceptors (Lipinski definition) is 3. The standard InChI is InChI=1S/C9H9ClO3/c10-5-4-8(13)9-6(11)2-1-3-7(9)12/h1-3,11-12H,4-5H2. The van der Waals surface area contributed by atoms with E-state index in [2.05, 4.69) is 0 Å². The normalized spacial score (nSPS) is 9.92. The highest BCUT2D eigenvalue weighted by Gasteiger charge is 2.14. The van der Waals surface area contributed by atoms with Gasteiger partial charge in [-0.3, -0.25) is 4.79 Å². The third-order valence-electron chi connectivity index (χ3n) is 1.62. The quantitative estimate of drug-likeness (QED) is 0.579. The third-order valence-corrected chi connectivity index (χ3v) is 1.81. The number of halogens is 1. The lowest BCUT2D eigenvalue weighted by atomic mass is 10.1. The van der Waals surface area contributed by atoms with Gasteiger partial charge >= 0.3 is 0 Å². The number of phenols is 2. The van der Waals surface area contributed by atoms with Crippen LogP contribution < -0.4 is 0 Å². The molecule has 13 heavy (non-hydrogen) atoms. The Morgan fingerprint density at radius 1 is 1.31 bits per heavy atom. The Kier molecular flexibility index (Phi) is 3.14. The van der Waals surface area contributed by atoms with Gasteiger partial charge in [0.2, 0.25) is 0 Å². The Balaban J connectivity index is 3.05. The summed E-state index contributed by atoms with van der Waals surface area (Å²) in [5.74, 6) is -0.608. The van der Waals surface area contributed by atoms with Gasteiger partial charge in [0, 0.05) is 12.3 Å². The maximum Gasteiger partial charge on any atom is 0.171 e. The number of phenolic OH excluding ortho intramolecular Hbond substituents is 2. The first-order valence-corrected chi connectivity index (χ1v) is 4.30. The topological polar surface area (TPSA) is 57.5 Å². The molecule has 0 aliphatic heterocycles. The smallest absolute Gasteiger partial charge is 0.171 e. The second-order valence-electron chi connectivity index (χ2n) is 2.53. The molecule has 0 amide bonds. The number of carbonyl (C=O) groups is 1. The third kappa shape index (κ3) is 2.12. The number of hydrogen-bond donors (Lipinski definition) is 2. The molecule has 0 saturated heterocycles. The number of ketones is 1. The Morgan fingerprint density at radius 3 is 2.31 bits per heavy atom. The van der Waals surface area contributed by atoms with Crippen LogP contribution in [-0.2, 0) is 0 Å². The van der Waals surface area contributed by atoms with Crippen LogP contribution in [0.3, 0.4) is 0 Å². The molecule has 0 spiro atoms. The molecule has 0 bridgehead atoms. The van der Waals surface area contributed by atoms with Crippen molar-refractivity contribution in [1.29, 1.82) is 0 Å². The van der Waals surface area contributed by atoms with Gasteiger partial charge in [-0.1, -0.05) is 6.07 Å². The molecule has 1 aromatic carbocycles. The van der Waals surface area contributed by atoms with Crippen LogP contribution in [0.25, 0.3) is 0 Å². The number of Topliss-reactive ketones (excluding diaryl/α,β-unsaturated/α-hetero) is 1. The van der Waals surface area contributed by atoms with Crippen LogP contribution in [0.1, 0.15) is 16.8 Å². The maximum absolute atomic E-state index is 11.3. The van der Waals surface area contributed by atoms with Crippen molar-refractivity contribution in [3.63, 3.8) is 0 Å². The van der Waals surface area contributed by atoms with Gasteiger partial charge in [0.05, 0.1) is 0 Å². The molecule has 0 saturated carbocycles. The fourth-order valence-electron chi connectivity index (χ4n) is 1.02. The lowest BCUT2D eigenvalue weighted by Gasteiger charge is -2.03. The molecule has 0 heterocycles. The summed E-state index contributed by atoms with van der Waals surface area (Å²) < 4.78 is 0. The highest BCUT2D eigenvalue weighted by molar-refractivity contribution is 6.19. The minimum atomic E-state index is -0.356. The SMILES string of the molecule is O=C(CCCl)c1c(O)cccc1O. The molecule has 1 aromatic rings. The number of aromatic hydroxyl groups is 2. The van der Waals surface area contributed by atoms with Crippen molar-refractivity contribution in [2.24, 2.45) is 0 Å². The van der Waals surface area contributed by atoms with Gasteiger partial charge in [0.1, 0.15) is 17.1 Å². The fraction of sp³-hybridized carbons (Fsp3) is 0.222. The molecule has 70 valence electrons. The van der Waals surface area contributed by atoms with Crippen molar-refractivity contribution >= 4 is 17.4 Å². The van der Waals surface area contributed by atoms with Crippen LogP contribution in [0, 0.1) is 0 Å². The summed E-state index contributed by atoms with van der Waals surface area (Å²) in [6, 6.07) is 4.16. The molecular weight excluding hydrogens is 192 g/mol. The summed E-state index contributed by atoms with van der Waals surface area (Å²) in [4.78, 5) is 11.3. The van der Waals surface area contributed by atoms with E-state index in [9.17, 15) is 15.0 Å². The Bertz CT molecular complexity index is 302. The summed E-state index contributed by atoms with van der Waals surface area (Å²) >= 11 is 5.37. The van der Waals surface area contributed by atoms with E-state index < -0.39 is 0 Å². The molecule has 0 fully saturated rings. The van der Waals surface area contributed by atoms with E-state index in [0.717, 1.165) is 0 Å². The minimum Gasteiger partial charge on any atom is -0.507 e. The Morgan fingerprint density at radius 2 is 1.85 bits per heavy atom. The predicted molar refractivity (Wildman–Crippen MR) is 49.4 cm³/mol. The number of alkyl halides is 1. The second-order valence-corrected chi connectivity index (χ2v) is 2.91. The van der Waals surface area contributed by atoms with Crippen LogP contribution >= 0.6 is 11.6 Å². The van der Waals surface area contributed by atoms with E-state index in [0.29, 0.717) is 0 Å². The molecule has 0 radical (unpaired) electrons. The highest BCUT2D eigenvalue weighted by atomic mass is 35.5. The van der Waals surface area contributed by atoms with Crippen LogP contribution in [-0.4, -0.2) is 21.9 Å². The zero-order valence-corrected chi connectivity index (χ0v) is 7.58. The number of benzene rings is 1. The first kappa shape index (κ1) is 9.86. The Hall–Kier alpha value is -1.22. The monoisotopic (exact) mass is 200 g/mol. The maximum atomic E-state index is 11.3. The van der Waals surface area contributed by atoms with Crippen molar-refractivity contribution in [1.82, 2.24) is 0 Å². The van der Waals surface area contributed by atoms with Gasteiger partial charge < -0.3 is 10.2 Å². The van der Waals surface area contributed by atoms with Crippen molar-refractivity contribution in [2.45, 2.75) is 6.42 Å². The van der Waals surface area contributed by atoms with Gasteiger partial charge in [-0.2, -0.15) is 0 Å². The second kappa shape index (κ2) is 4.14. The first-order chi connectivity index (χ1) is 6.16. The molecule has 4 heteroatoms. The van der Waals surface area contributed by atoms with Crippen LogP contribution in [0.15, 0.2) is 18.2 Å². The van der Waals surface area contributed by atoms with Gasteiger partial charge in [0.15, 0.2) is 5.78 Å². The highest BCUT2D eigenvalue weighted by Crippen LogP contribution is 2.27. The molecule has 3 nitrogen and oxygen atoms in total. The summed E-state index contributed by atoms with van der Waals surface area (Å²) in [7, 11) is 0. The molecule has 0 atom stereocenters. The molecule has 0 unspecified atom stereocenters. The molecule has 2 N–H and O–H groups in total. The average molecular weight is 201 g/mol. The molecule has 0 aliphatic carbocycles. The van der Waals surface area contributed by atoms with E-state index in [1.54, 1.807) is 0 Å². The number of carbonyl (C=O) groups excluding carboxylic acids is 1. The van der Waals surface area contributed by atoms with Crippen molar-refractivity contribution in [3.05, 3.63) is 23.8 Å². The fourth-order valence-corrected chi connectivity index (χ4v) is 1.20. The largest absolute Gasteiger partial charge is 0.507 e. The summed E-state index contributed by atoms with van der Waals surface area (Å²) in [6.45, 7) is 0. The van der Waals surface area contributed by atoms with E-state index in [1.807, 2.05) is 0 Å². The van der Waals surface area contributed by atoms with Crippen LogP contribution in [0.2, 0.25) is 0 Å². The minimum absolute atomic E-state index is 0.0526. The van der Waals surface area contributed by atoms with Gasteiger partial charge in [0.25, 0.3) is 0 Å². The average Bonchev–Trinajstić information content (AvgIpc) is 2.04. The first-order valence-electron chi connectivity index (χ1n) is 3.77. The van der Waals surface area contributed by atoms with E-state index in [-0.39, 0.29) is 35.1 Å². The lowest BCUT2D eigenvalue weighted by Crippen LogP contribution is -2.00. The predicted octanol–water partition coefficient (Wildman–Crippen LogP) is 1.91. The van der Waals surface area contributed by atoms with Crippen molar-refractivity contribution in [2.75, 3.05) is 5.88 Å². The zero-order valence-electron chi connectivity index (χ0n) is 6.83. The van der Waals surface area contributed by atoms with Gasteiger partial charge in [-0.05, 0) is 12.1 Å². The lowest BCUT2D eigenvalue weighted by molar-refractivity contribution is 0.0984. The summed E-state index contributed by atoms with van der Waals surface area (Å²) in [5, 5.41) is 18.5. The Labute approximate surface area is 80.6 Å². The number of rotatable bonds is 3. The van der Waals surface area contributed by atoms with Crippen molar-refractivity contribution < 1.29 is 15.0 Å². The summed E-state index contributed by atoms with van der Waals surface area (Å²) in [5.41, 5.74) is -0.0526. The van der Waals surface area contributed by atoms with E-state index in [4.69, 9.17) is 11.6 Å². The molecule has 0 aliphatic rings. The molecule has 1 rings (SSSR count). The zero-order chi connectivity index (χ0) is 9.84. The van der Waals surface area contributed by atoms with Gasteiger partial charge in [-0.25, -0.2) is 0 Å². The van der Waals surface area contributed by atoms with E-state index in [1.165, 1.54) is 18.2 Å². The summed E-state index contributed by atoms with van der Waals surface area (Å²) in [6.07, 6.45) is 0.104. The van der Waals surface area contributed by atoms with Crippen LogP contribution in [0.4, 0.5) is 0 Å². The van der Waals surface area contributed by atoms with Crippen LogP contribution in [0.5, 0.6) is 11.5 Å². The van der Waals surface area contributed by atoms with E-state index >= 15 is 0 Å². The van der Waals surface area contributed by atoms with Crippen molar-refractivity contribution in [3.8, 4) is 11.5 Å².